The maximum absolute atomic E-state index is 14.2. The number of rotatable bonds is 3. The predicted molar refractivity (Wildman–Crippen MR) is 115 cm³/mol. The van der Waals surface area contributed by atoms with Crippen molar-refractivity contribution >= 4 is 17.2 Å². The van der Waals surface area contributed by atoms with E-state index in [-0.39, 0.29) is 29.0 Å². The molecule has 3 aromatic heterocycles. The molecule has 2 atom stereocenters. The van der Waals surface area contributed by atoms with E-state index in [0.29, 0.717) is 6.54 Å². The Morgan fingerprint density at radius 3 is 2.81 bits per heavy atom. The number of fused-ring (bicyclic) bond motifs is 1. The summed E-state index contributed by atoms with van der Waals surface area (Å²) in [7, 11) is 1.86. The summed E-state index contributed by atoms with van der Waals surface area (Å²) in [5, 5.41) is 10.3. The van der Waals surface area contributed by atoms with E-state index in [9.17, 15) is 13.6 Å². The Labute approximate surface area is 187 Å². The molecule has 0 radical (unpaired) electrons. The number of amides is 1. The first-order chi connectivity index (χ1) is 15.3. The van der Waals surface area contributed by atoms with Crippen LogP contribution in [0.3, 0.4) is 0 Å². The van der Waals surface area contributed by atoms with E-state index >= 15 is 0 Å². The first-order valence-corrected chi connectivity index (χ1v) is 11.0. The van der Waals surface area contributed by atoms with Crippen molar-refractivity contribution in [2.24, 2.45) is 7.05 Å². The van der Waals surface area contributed by atoms with Crippen molar-refractivity contribution in [3.8, 4) is 11.3 Å². The summed E-state index contributed by atoms with van der Waals surface area (Å²) in [6, 6.07) is 6.51. The highest BCUT2D eigenvalue weighted by molar-refractivity contribution is 7.10. The molecule has 1 aliphatic rings. The van der Waals surface area contributed by atoms with Gasteiger partial charge < -0.3 is 9.42 Å². The van der Waals surface area contributed by atoms with Crippen molar-refractivity contribution in [3.05, 3.63) is 81.4 Å². The van der Waals surface area contributed by atoms with Gasteiger partial charge in [-0.05, 0) is 43.0 Å². The molecule has 1 amide bonds. The zero-order valence-corrected chi connectivity index (χ0v) is 18.5. The van der Waals surface area contributed by atoms with Gasteiger partial charge in [0.2, 0.25) is 0 Å². The highest BCUT2D eigenvalue weighted by Crippen LogP contribution is 2.46. The molecule has 6 nitrogen and oxygen atoms in total. The Morgan fingerprint density at radius 2 is 2.09 bits per heavy atom. The highest BCUT2D eigenvalue weighted by atomic mass is 32.1. The molecule has 0 fully saturated rings. The summed E-state index contributed by atoms with van der Waals surface area (Å²) < 4.78 is 34.4. The number of hydrogen-bond donors (Lipinski definition) is 0. The van der Waals surface area contributed by atoms with E-state index in [0.717, 1.165) is 22.6 Å². The molecule has 1 aliphatic heterocycles. The molecule has 1 aromatic carbocycles. The lowest BCUT2D eigenvalue weighted by molar-refractivity contribution is 0.0622. The van der Waals surface area contributed by atoms with Crippen LogP contribution in [0.15, 0.2) is 52.6 Å². The van der Waals surface area contributed by atoms with Crippen LogP contribution in [0, 0.1) is 11.6 Å². The minimum Gasteiger partial charge on any atom is -0.355 e. The maximum Gasteiger partial charge on any atom is 0.276 e. The van der Waals surface area contributed by atoms with Crippen LogP contribution in [-0.4, -0.2) is 32.3 Å². The van der Waals surface area contributed by atoms with Crippen LogP contribution in [0.1, 0.15) is 46.4 Å². The van der Waals surface area contributed by atoms with E-state index in [1.54, 1.807) is 20.9 Å². The highest BCUT2D eigenvalue weighted by Gasteiger charge is 2.44. The predicted octanol–water partition coefficient (Wildman–Crippen LogP) is 4.94. The van der Waals surface area contributed by atoms with Gasteiger partial charge in [-0.1, -0.05) is 5.16 Å². The van der Waals surface area contributed by atoms with Gasteiger partial charge in [-0.3, -0.25) is 9.48 Å². The fraction of sp³-hybridized carbons (Fsp3) is 0.261. The molecule has 4 heterocycles. The molecule has 32 heavy (non-hydrogen) atoms. The maximum atomic E-state index is 14.2. The fourth-order valence-corrected chi connectivity index (χ4v) is 5.44. The Kier molecular flexibility index (Phi) is 4.74. The SMILES string of the molecule is C[C@H]1c2sccc2[C@](C)(c2cnn(C)c2)CN1C(=O)c1cc(-c2ccc(F)cc2F)on1. The molecular weight excluding hydrogens is 434 g/mol. The van der Waals surface area contributed by atoms with Gasteiger partial charge in [0.1, 0.15) is 11.6 Å². The average Bonchev–Trinajstić information content (AvgIpc) is 3.51. The van der Waals surface area contributed by atoms with Crippen LogP contribution in [0.25, 0.3) is 11.3 Å². The molecular formula is C23H20F2N4O2S. The van der Waals surface area contributed by atoms with Gasteiger partial charge in [0.15, 0.2) is 11.5 Å². The van der Waals surface area contributed by atoms with Gasteiger partial charge >= 0.3 is 0 Å². The average molecular weight is 455 g/mol. The third kappa shape index (κ3) is 3.15. The number of nitrogens with zero attached hydrogens (tertiary/aromatic N) is 4. The first-order valence-electron chi connectivity index (χ1n) is 10.1. The third-order valence-electron chi connectivity index (χ3n) is 6.15. The monoisotopic (exact) mass is 454 g/mol. The quantitative estimate of drug-likeness (QED) is 0.440. The zero-order valence-electron chi connectivity index (χ0n) is 17.7. The minimum atomic E-state index is -0.779. The summed E-state index contributed by atoms with van der Waals surface area (Å²) >= 11 is 1.61. The fourth-order valence-electron chi connectivity index (χ4n) is 4.34. The molecule has 0 saturated heterocycles. The number of thiophene rings is 1. The lowest BCUT2D eigenvalue weighted by Crippen LogP contribution is -2.48. The second kappa shape index (κ2) is 7.37. The number of benzene rings is 1. The second-order valence-electron chi connectivity index (χ2n) is 8.24. The molecule has 164 valence electrons. The molecule has 0 aliphatic carbocycles. The van der Waals surface area contributed by atoms with Crippen molar-refractivity contribution in [1.29, 1.82) is 0 Å². The summed E-state index contributed by atoms with van der Waals surface area (Å²) in [6.45, 7) is 4.51. The van der Waals surface area contributed by atoms with Gasteiger partial charge in [0, 0.05) is 47.8 Å². The van der Waals surface area contributed by atoms with Crippen LogP contribution >= 0.6 is 11.3 Å². The lowest BCUT2D eigenvalue weighted by atomic mass is 9.74. The first kappa shape index (κ1) is 20.6. The number of aromatic nitrogens is 3. The third-order valence-corrected chi connectivity index (χ3v) is 7.24. The molecule has 0 spiro atoms. The van der Waals surface area contributed by atoms with Crippen LogP contribution in [0.5, 0.6) is 0 Å². The van der Waals surface area contributed by atoms with E-state index < -0.39 is 17.0 Å². The van der Waals surface area contributed by atoms with Gasteiger partial charge in [-0.15, -0.1) is 11.3 Å². The van der Waals surface area contributed by atoms with Crippen molar-refractivity contribution in [2.45, 2.75) is 25.3 Å². The van der Waals surface area contributed by atoms with Gasteiger partial charge in [-0.2, -0.15) is 5.10 Å². The van der Waals surface area contributed by atoms with Crippen LogP contribution in [0.4, 0.5) is 8.78 Å². The van der Waals surface area contributed by atoms with Gasteiger partial charge in [0.05, 0.1) is 17.8 Å². The molecule has 0 N–H and O–H groups in total. The van der Waals surface area contributed by atoms with E-state index in [1.807, 2.05) is 31.7 Å². The smallest absolute Gasteiger partial charge is 0.276 e. The van der Waals surface area contributed by atoms with E-state index in [2.05, 4.69) is 23.2 Å². The molecule has 5 rings (SSSR count). The van der Waals surface area contributed by atoms with Crippen LogP contribution < -0.4 is 0 Å². The molecule has 4 aromatic rings. The number of halogens is 2. The molecule has 0 saturated carbocycles. The lowest BCUT2D eigenvalue weighted by Gasteiger charge is -2.43. The summed E-state index contributed by atoms with van der Waals surface area (Å²) in [4.78, 5) is 16.3. The second-order valence-corrected chi connectivity index (χ2v) is 9.19. The van der Waals surface area contributed by atoms with E-state index in [4.69, 9.17) is 4.52 Å². The minimum absolute atomic E-state index is 0.0467. The summed E-state index contributed by atoms with van der Waals surface area (Å²) in [5.41, 5.74) is 1.87. The molecule has 0 unspecified atom stereocenters. The van der Waals surface area contributed by atoms with Crippen molar-refractivity contribution in [3.63, 3.8) is 0 Å². The van der Waals surface area contributed by atoms with Crippen molar-refractivity contribution in [2.75, 3.05) is 6.54 Å². The van der Waals surface area contributed by atoms with Gasteiger partial charge in [-0.25, -0.2) is 8.78 Å². The normalized spacial score (nSPS) is 20.4. The number of hydrogen-bond acceptors (Lipinski definition) is 5. The molecule has 9 heteroatoms. The number of carbonyl (C=O) groups is 1. The van der Waals surface area contributed by atoms with Crippen LogP contribution in [0.2, 0.25) is 0 Å². The number of aryl methyl sites for hydroxylation is 1. The Hall–Kier alpha value is -3.33. The van der Waals surface area contributed by atoms with Gasteiger partial charge in [0.25, 0.3) is 5.91 Å². The number of carbonyl (C=O) groups excluding carboxylic acids is 1. The Bertz CT molecular complexity index is 1330. The largest absolute Gasteiger partial charge is 0.355 e. The standard InChI is InChI=1S/C23H20F2N4O2S/c1-13-21-17(6-7-32-21)23(2,14-10-26-28(3)11-14)12-29(13)22(30)19-9-20(31-27-19)16-5-4-15(24)8-18(16)25/h4-11,13H,12H2,1-3H3/t13-,23-/m0/s1. The van der Waals surface area contributed by atoms with Crippen molar-refractivity contribution in [1.82, 2.24) is 19.8 Å². The molecule has 0 bridgehead atoms. The Balaban J connectivity index is 1.51. The zero-order chi connectivity index (χ0) is 22.6. The Morgan fingerprint density at radius 1 is 1.28 bits per heavy atom. The van der Waals surface area contributed by atoms with Crippen molar-refractivity contribution < 1.29 is 18.1 Å². The van der Waals surface area contributed by atoms with E-state index in [1.165, 1.54) is 17.7 Å². The topological polar surface area (TPSA) is 64.2 Å². The summed E-state index contributed by atoms with van der Waals surface area (Å²) in [6.07, 6.45) is 3.79. The van der Waals surface area contributed by atoms with Crippen LogP contribution in [-0.2, 0) is 12.5 Å². The summed E-state index contributed by atoms with van der Waals surface area (Å²) in [5.74, 6) is -1.71.